The number of hydrogen-bond donors (Lipinski definition) is 3. The van der Waals surface area contributed by atoms with Crippen molar-refractivity contribution >= 4 is 40.0 Å². The molecule has 1 aliphatic carbocycles. The Kier molecular flexibility index (Phi) is 5.50. The predicted octanol–water partition coefficient (Wildman–Crippen LogP) is 5.89. The molecular formula is C25H34N6OS. The van der Waals surface area contributed by atoms with Crippen LogP contribution >= 0.6 is 11.8 Å². The lowest BCUT2D eigenvalue weighted by Crippen LogP contribution is -2.63. The fourth-order valence-electron chi connectivity index (χ4n) is 4.29. The summed E-state index contributed by atoms with van der Waals surface area (Å²) in [5.74, 6) is 2.67. The van der Waals surface area contributed by atoms with Gasteiger partial charge in [0, 0.05) is 27.0 Å². The minimum absolute atomic E-state index is 0. The van der Waals surface area contributed by atoms with Gasteiger partial charge < -0.3 is 15.3 Å². The highest BCUT2D eigenvalue weighted by Gasteiger charge is 2.52. The number of β-amino-alcohol motifs (C(OH)–C–C–N with tert-alkyl or cyclic N) is 1. The largest absolute Gasteiger partial charge is 0.386 e. The van der Waals surface area contributed by atoms with Crippen molar-refractivity contribution in [2.24, 2.45) is 5.92 Å². The van der Waals surface area contributed by atoms with Crippen molar-refractivity contribution in [3.05, 3.63) is 60.3 Å². The zero-order chi connectivity index (χ0) is 21.7. The van der Waals surface area contributed by atoms with E-state index in [1.165, 1.54) is 22.5 Å². The maximum absolute atomic E-state index is 10.8. The van der Waals surface area contributed by atoms with E-state index in [1.54, 1.807) is 0 Å². The van der Waals surface area contributed by atoms with Crippen LogP contribution in [-0.4, -0.2) is 44.0 Å². The summed E-state index contributed by atoms with van der Waals surface area (Å²) >= 11 is 1.54. The number of aryl methyl sites for hydroxylation is 1. The van der Waals surface area contributed by atoms with Crippen molar-refractivity contribution in [3.63, 3.8) is 0 Å². The van der Waals surface area contributed by atoms with E-state index in [2.05, 4.69) is 50.7 Å². The minimum atomic E-state index is -0.566. The van der Waals surface area contributed by atoms with Crippen LogP contribution in [0.2, 0.25) is 0 Å². The van der Waals surface area contributed by atoms with Gasteiger partial charge in [-0.1, -0.05) is 37.8 Å². The molecule has 1 aliphatic heterocycles. The summed E-state index contributed by atoms with van der Waals surface area (Å²) < 4.78 is 0. The van der Waals surface area contributed by atoms with E-state index in [9.17, 15) is 5.11 Å². The molecule has 2 aromatic heterocycles. The van der Waals surface area contributed by atoms with Crippen LogP contribution < -0.4 is 10.2 Å². The average Bonchev–Trinajstić information content (AvgIpc) is 3.54. The Balaban J connectivity index is 0.00000114. The number of anilines is 3. The van der Waals surface area contributed by atoms with E-state index in [4.69, 9.17) is 9.97 Å². The summed E-state index contributed by atoms with van der Waals surface area (Å²) in [4.78, 5) is 12.8. The molecule has 176 valence electrons. The maximum Gasteiger partial charge on any atom is 0.196 e. The summed E-state index contributed by atoms with van der Waals surface area (Å²) in [5, 5.41) is 24.3. The van der Waals surface area contributed by atoms with Gasteiger partial charge >= 0.3 is 0 Å². The minimum Gasteiger partial charge on any atom is -0.386 e. The predicted molar refractivity (Wildman–Crippen MR) is 140 cm³/mol. The fraction of sp³-hybridized carbons (Fsp3) is 0.320. The van der Waals surface area contributed by atoms with Crippen LogP contribution in [0.15, 0.2) is 64.6 Å². The molecule has 0 atom stereocenters. The van der Waals surface area contributed by atoms with Crippen LogP contribution in [0.4, 0.5) is 17.5 Å². The van der Waals surface area contributed by atoms with Crippen LogP contribution in [0, 0.1) is 12.8 Å². The SMILES string of the molecule is C.Cc1cc(Nc2cc(N3CC(O)(C4CC4)C3)nc(Sc3ccc4ccccc4c3)n2)n[nH]1.[HH].[HH].[HH]. The van der Waals surface area contributed by atoms with Crippen molar-refractivity contribution < 1.29 is 9.39 Å². The maximum atomic E-state index is 10.8. The van der Waals surface area contributed by atoms with Gasteiger partial charge in [-0.15, -0.1) is 0 Å². The molecule has 0 amide bonds. The van der Waals surface area contributed by atoms with E-state index in [0.717, 1.165) is 29.2 Å². The van der Waals surface area contributed by atoms with Gasteiger partial charge in [-0.05, 0) is 60.4 Å². The lowest BCUT2D eigenvalue weighted by atomic mass is 9.89. The summed E-state index contributed by atoms with van der Waals surface area (Å²) in [6, 6.07) is 18.6. The lowest BCUT2D eigenvalue weighted by molar-refractivity contribution is -0.00980. The van der Waals surface area contributed by atoms with Gasteiger partial charge in [0.05, 0.1) is 13.1 Å². The van der Waals surface area contributed by atoms with Crippen molar-refractivity contribution in [1.82, 2.24) is 20.2 Å². The standard InChI is InChI=1S/C24H24N6OS.CH4.3H2/c1-15-10-21(29-28-15)25-20-12-22(30-13-24(31,14-30)18-7-8-18)27-23(26-20)32-19-9-6-16-4-2-3-5-17(16)11-19;;;;/h2-6,9-12,18,31H,7-8,13-14H2,1H3,(H2,25,26,27,28,29);1H4;3*1H. The molecule has 2 aliphatic rings. The third kappa shape index (κ3) is 4.41. The summed E-state index contributed by atoms with van der Waals surface area (Å²) in [5.41, 5.74) is 0.411. The normalized spacial score (nSPS) is 16.8. The van der Waals surface area contributed by atoms with Crippen LogP contribution in [0.25, 0.3) is 10.8 Å². The van der Waals surface area contributed by atoms with E-state index in [1.807, 2.05) is 31.2 Å². The third-order valence-corrected chi connectivity index (χ3v) is 7.03. The van der Waals surface area contributed by atoms with Crippen LogP contribution in [0.3, 0.4) is 0 Å². The van der Waals surface area contributed by atoms with E-state index >= 15 is 0 Å². The lowest BCUT2D eigenvalue weighted by Gasteiger charge is -2.47. The molecular weight excluding hydrogens is 432 g/mol. The zero-order valence-electron chi connectivity index (χ0n) is 17.7. The van der Waals surface area contributed by atoms with Gasteiger partial charge in [-0.2, -0.15) is 5.10 Å². The Morgan fingerprint density at radius 2 is 1.85 bits per heavy atom. The van der Waals surface area contributed by atoms with E-state index in [0.29, 0.717) is 35.8 Å². The highest BCUT2D eigenvalue weighted by atomic mass is 32.2. The first-order valence-corrected chi connectivity index (χ1v) is 11.7. The Morgan fingerprint density at radius 3 is 2.58 bits per heavy atom. The Labute approximate surface area is 202 Å². The molecule has 0 spiro atoms. The molecule has 0 bridgehead atoms. The molecule has 4 aromatic rings. The number of benzene rings is 2. The molecule has 33 heavy (non-hydrogen) atoms. The molecule has 6 rings (SSSR count). The van der Waals surface area contributed by atoms with Crippen molar-refractivity contribution in [2.45, 2.75) is 42.8 Å². The molecule has 2 aromatic carbocycles. The second-order valence-corrected chi connectivity index (χ2v) is 9.84. The summed E-state index contributed by atoms with van der Waals surface area (Å²) in [7, 11) is 0. The quantitative estimate of drug-likeness (QED) is 0.305. The monoisotopic (exact) mass is 466 g/mol. The first-order chi connectivity index (χ1) is 15.5. The molecule has 3 heterocycles. The van der Waals surface area contributed by atoms with Gasteiger partial charge in [0.25, 0.3) is 0 Å². The molecule has 2 fully saturated rings. The van der Waals surface area contributed by atoms with Gasteiger partial charge in [-0.25, -0.2) is 9.97 Å². The first kappa shape index (κ1) is 21.7. The number of aliphatic hydroxyl groups is 1. The molecule has 3 N–H and O–H groups in total. The molecule has 0 unspecified atom stereocenters. The van der Waals surface area contributed by atoms with Crippen molar-refractivity contribution in [1.29, 1.82) is 0 Å². The van der Waals surface area contributed by atoms with Crippen molar-refractivity contribution in [2.75, 3.05) is 23.3 Å². The number of fused-ring (bicyclic) bond motifs is 1. The molecule has 1 saturated carbocycles. The number of H-pyrrole nitrogens is 1. The molecule has 7 nitrogen and oxygen atoms in total. The summed E-state index contributed by atoms with van der Waals surface area (Å²) in [6.45, 7) is 3.20. The van der Waals surface area contributed by atoms with Gasteiger partial charge in [0.1, 0.15) is 17.2 Å². The Morgan fingerprint density at radius 1 is 1.06 bits per heavy atom. The van der Waals surface area contributed by atoms with Gasteiger partial charge in [-0.3, -0.25) is 5.10 Å². The molecule has 0 radical (unpaired) electrons. The van der Waals surface area contributed by atoms with Crippen LogP contribution in [-0.2, 0) is 0 Å². The highest BCUT2D eigenvalue weighted by molar-refractivity contribution is 7.99. The van der Waals surface area contributed by atoms with Crippen molar-refractivity contribution in [3.8, 4) is 0 Å². The number of nitrogens with zero attached hydrogens (tertiary/aromatic N) is 4. The van der Waals surface area contributed by atoms with E-state index < -0.39 is 5.60 Å². The zero-order valence-corrected chi connectivity index (χ0v) is 18.6. The first-order valence-electron chi connectivity index (χ1n) is 10.9. The van der Waals surface area contributed by atoms with E-state index in [-0.39, 0.29) is 11.7 Å². The second kappa shape index (κ2) is 8.35. The molecule has 8 heteroatoms. The highest BCUT2D eigenvalue weighted by Crippen LogP contribution is 2.45. The van der Waals surface area contributed by atoms with Gasteiger partial charge in [0.2, 0.25) is 0 Å². The number of aromatic amines is 1. The molecule has 1 saturated heterocycles. The topological polar surface area (TPSA) is 90.0 Å². The van der Waals surface area contributed by atoms with Crippen LogP contribution in [0.1, 0.15) is 30.2 Å². The average molecular weight is 467 g/mol. The third-order valence-electron chi connectivity index (χ3n) is 6.17. The number of hydrogen-bond acceptors (Lipinski definition) is 7. The Hall–Kier alpha value is -3.10. The Bertz CT molecular complexity index is 1310. The number of rotatable bonds is 6. The fourth-order valence-corrected chi connectivity index (χ4v) is 5.11. The second-order valence-electron chi connectivity index (χ2n) is 8.80. The number of nitrogens with one attached hydrogen (secondary N) is 2. The summed E-state index contributed by atoms with van der Waals surface area (Å²) in [6.07, 6.45) is 2.25. The van der Waals surface area contributed by atoms with Gasteiger partial charge in [0.15, 0.2) is 11.0 Å². The number of aromatic nitrogens is 4. The van der Waals surface area contributed by atoms with Crippen LogP contribution in [0.5, 0.6) is 0 Å². The smallest absolute Gasteiger partial charge is 0.196 e.